The monoisotopic (exact) mass is 1280 g/mol. The summed E-state index contributed by atoms with van der Waals surface area (Å²) in [4.78, 5) is 47.1. The number of carbonyl (C=O) groups is 2. The summed E-state index contributed by atoms with van der Waals surface area (Å²) in [6, 6.07) is 15.7. The van der Waals surface area contributed by atoms with Crippen LogP contribution in [0, 0.1) is 5.92 Å². The maximum atomic E-state index is 14.0. The number of amides is 2. The molecule has 4 N–H and O–H groups in total. The number of halogens is 6. The molecule has 6 fully saturated rings. The van der Waals surface area contributed by atoms with E-state index >= 15 is 0 Å². The first-order chi connectivity index (χ1) is 39.8. The van der Waals surface area contributed by atoms with Crippen molar-refractivity contribution in [1.82, 2.24) is 49.6 Å². The van der Waals surface area contributed by atoms with Gasteiger partial charge in [-0.3, -0.25) is 23.4 Å². The Bertz CT molecular complexity index is 3560. The van der Waals surface area contributed by atoms with Crippen molar-refractivity contribution in [3.8, 4) is 0 Å². The van der Waals surface area contributed by atoms with Crippen molar-refractivity contribution in [3.63, 3.8) is 0 Å². The van der Waals surface area contributed by atoms with Gasteiger partial charge in [0.05, 0.1) is 71.2 Å². The summed E-state index contributed by atoms with van der Waals surface area (Å²) in [7, 11) is -7.23. The molecule has 12 rings (SSSR count). The number of fused-ring (bicyclic) bond motifs is 2. The number of hydrogen-bond donors (Lipinski definition) is 4. The van der Waals surface area contributed by atoms with Gasteiger partial charge in [0, 0.05) is 99.1 Å². The predicted octanol–water partition coefficient (Wildman–Crippen LogP) is 8.44. The lowest BCUT2D eigenvalue weighted by Crippen LogP contribution is -2.52. The van der Waals surface area contributed by atoms with Gasteiger partial charge >= 0.3 is 0 Å². The molecule has 2 aromatic carbocycles. The van der Waals surface area contributed by atoms with Gasteiger partial charge in [-0.1, -0.05) is 34.8 Å². The molecule has 0 spiro atoms. The second-order valence-electron chi connectivity index (χ2n) is 22.0. The third-order valence-electron chi connectivity index (χ3n) is 15.7. The van der Waals surface area contributed by atoms with Gasteiger partial charge in [-0.05, 0) is 114 Å². The van der Waals surface area contributed by atoms with Crippen LogP contribution in [0.25, 0.3) is 11.3 Å². The summed E-state index contributed by atoms with van der Waals surface area (Å²) in [6.07, 6.45) is 11.1. The summed E-state index contributed by atoms with van der Waals surface area (Å²) in [5.74, 6) is 1.77. The molecule has 29 heteroatoms. The highest BCUT2D eigenvalue weighted by Gasteiger charge is 2.36. The zero-order valence-electron chi connectivity index (χ0n) is 46.8. The molecule has 6 aliphatic rings. The van der Waals surface area contributed by atoms with Crippen molar-refractivity contribution in [2.45, 2.75) is 82.3 Å². The molecule has 10 heterocycles. The van der Waals surface area contributed by atoms with Crippen LogP contribution in [-0.4, -0.2) is 172 Å². The number of sulfonamides is 2. The second-order valence-corrected chi connectivity index (χ2v) is 26.8. The zero-order valence-corrected chi connectivity index (χ0v) is 51.5. The van der Waals surface area contributed by atoms with Crippen molar-refractivity contribution < 1.29 is 35.2 Å². The minimum Gasteiger partial charge on any atom is -0.356 e. The van der Waals surface area contributed by atoms with E-state index < -0.39 is 26.7 Å². The van der Waals surface area contributed by atoms with Crippen LogP contribution in [0.2, 0.25) is 15.2 Å². The van der Waals surface area contributed by atoms with Crippen molar-refractivity contribution in [2.75, 3.05) is 122 Å². The molecule has 0 aliphatic carbocycles. The molecule has 0 bridgehead atoms. The van der Waals surface area contributed by atoms with E-state index in [1.807, 2.05) is 22.7 Å². The van der Waals surface area contributed by atoms with E-state index in [4.69, 9.17) is 50.0 Å². The normalized spacial score (nSPS) is 21.1. The van der Waals surface area contributed by atoms with E-state index in [1.54, 1.807) is 26.4 Å². The van der Waals surface area contributed by atoms with Crippen LogP contribution in [0.3, 0.4) is 0 Å². The van der Waals surface area contributed by atoms with Gasteiger partial charge in [0.25, 0.3) is 11.8 Å². The number of aromatic nitrogens is 6. The molecular formula is C55H71Cl4F2N15O6S2. The molecule has 0 radical (unpaired) electrons. The molecule has 6 aliphatic heterocycles. The van der Waals surface area contributed by atoms with E-state index in [9.17, 15) is 35.2 Å². The Morgan fingerprint density at radius 1 is 0.595 bits per heavy atom. The number of carbonyl (C=O) groups excluding carboxylic acids is 2. The Morgan fingerprint density at radius 2 is 1.11 bits per heavy atom. The standard InChI is InChI=1S/C27H34ClFN8O3S.C25H29Cl2FN6O3S.C3H7N.ClH/c1-41(39,40)33-21-7-6-18(28)13-20(21)27(38)36-11-3-2-5-23(36)22-14-25-31-24(34-9-4-10-34)15-26(37(25)32-22)35-12-8-30-19(16-29)17-35;1-38(36,37)31-19-8-7-17(26)11-18(19)25(35)33-10-3-2-6-21(33)20-12-23-29-22(27)13-24(34(23)30-20)32-9-4-5-16(14-28)15-32;1-2-4-3-1;/h6-7,13-15,19,23,30,33H,2-5,8-12,16-17H2,1H3;7-8,11-13,16,21,31H,2-6,9-10,14-15H2,1H3;4H,1-3H2;1H/t19-,23-;16-,21-;;/m00../s1. The number of likely N-dealkylation sites (tertiary alicyclic amines) is 2. The van der Waals surface area contributed by atoms with Crippen LogP contribution >= 0.6 is 47.2 Å². The fourth-order valence-electron chi connectivity index (χ4n) is 11.3. The molecule has 456 valence electrons. The lowest BCUT2D eigenvalue weighted by atomic mass is 9.98. The maximum Gasteiger partial charge on any atom is 0.256 e. The smallest absolute Gasteiger partial charge is 0.256 e. The zero-order chi connectivity index (χ0) is 58.6. The lowest BCUT2D eigenvalue weighted by Gasteiger charge is -2.36. The Balaban J connectivity index is 0.000000187. The Morgan fingerprint density at radius 3 is 1.60 bits per heavy atom. The summed E-state index contributed by atoms with van der Waals surface area (Å²) in [5, 5.41) is 17.1. The van der Waals surface area contributed by atoms with Crippen molar-refractivity contribution >= 4 is 119 Å². The number of piperidine rings is 3. The molecule has 0 unspecified atom stereocenters. The van der Waals surface area contributed by atoms with Crippen LogP contribution in [0.4, 0.5) is 37.6 Å². The number of piperazine rings is 1. The summed E-state index contributed by atoms with van der Waals surface area (Å²) in [6.45, 7) is 7.76. The molecule has 21 nitrogen and oxygen atoms in total. The third-order valence-corrected chi connectivity index (χ3v) is 17.6. The highest BCUT2D eigenvalue weighted by molar-refractivity contribution is 7.92. The molecule has 0 saturated carbocycles. The number of benzene rings is 2. The minimum atomic E-state index is -3.61. The van der Waals surface area contributed by atoms with Gasteiger partial charge in [0.15, 0.2) is 11.3 Å². The van der Waals surface area contributed by atoms with E-state index in [0.29, 0.717) is 90.0 Å². The molecular weight excluding hydrogens is 1210 g/mol. The van der Waals surface area contributed by atoms with Crippen molar-refractivity contribution in [1.29, 1.82) is 0 Å². The SMILES string of the molecule is C1CNC1.CS(=O)(=O)Nc1ccc(Cl)cc1C(=O)N1CCCC[C@H]1c1cc2nc(Cl)cc(N3CCC[C@@H](CF)C3)n2n1.CS(=O)(=O)Nc1ccc(Cl)cc1C(=O)N1CCCC[C@H]1c1cc2nc(N3CCC3)cc(N3CCN[C@@H](CF)C3)n2n1.Cl. The van der Waals surface area contributed by atoms with E-state index in [-0.39, 0.29) is 77.4 Å². The van der Waals surface area contributed by atoms with E-state index in [2.05, 4.69) is 39.8 Å². The highest BCUT2D eigenvalue weighted by atomic mass is 35.5. The fraction of sp³-hybridized carbons (Fsp3) is 0.527. The summed E-state index contributed by atoms with van der Waals surface area (Å²) >= 11 is 18.8. The van der Waals surface area contributed by atoms with Crippen LogP contribution in [0.15, 0.2) is 60.7 Å². The largest absolute Gasteiger partial charge is 0.356 e. The molecule has 6 saturated heterocycles. The first-order valence-corrected chi connectivity index (χ1v) is 33.2. The Kier molecular flexibility index (Phi) is 20.6. The fourth-order valence-corrected chi connectivity index (χ4v) is 13.0. The maximum absolute atomic E-state index is 14.0. The average Bonchev–Trinajstić information content (AvgIpc) is 3.12. The van der Waals surface area contributed by atoms with Crippen LogP contribution in [0.1, 0.15) is 108 Å². The van der Waals surface area contributed by atoms with Gasteiger partial charge < -0.3 is 35.1 Å². The average molecular weight is 1280 g/mol. The van der Waals surface area contributed by atoms with Gasteiger partial charge in [0.2, 0.25) is 20.0 Å². The highest BCUT2D eigenvalue weighted by Crippen LogP contribution is 2.38. The van der Waals surface area contributed by atoms with E-state index in [1.165, 1.54) is 49.8 Å². The number of anilines is 5. The number of alkyl halides is 2. The minimum absolute atomic E-state index is 0. The summed E-state index contributed by atoms with van der Waals surface area (Å²) < 4.78 is 83.3. The predicted molar refractivity (Wildman–Crippen MR) is 329 cm³/mol. The molecule has 4 atom stereocenters. The quantitative estimate of drug-likeness (QED) is 0.0796. The van der Waals surface area contributed by atoms with Gasteiger partial charge in [0.1, 0.15) is 29.3 Å². The molecule has 84 heavy (non-hydrogen) atoms. The van der Waals surface area contributed by atoms with Crippen molar-refractivity contribution in [2.24, 2.45) is 5.92 Å². The lowest BCUT2D eigenvalue weighted by molar-refractivity contribution is 0.0600. The molecule has 4 aromatic heterocycles. The first-order valence-electron chi connectivity index (χ1n) is 28.3. The number of nitrogens with one attached hydrogen (secondary N) is 4. The van der Waals surface area contributed by atoms with Crippen LogP contribution in [-0.2, 0) is 20.0 Å². The Labute approximate surface area is 509 Å². The number of rotatable bonds is 13. The topological polar surface area (TPSA) is 227 Å². The van der Waals surface area contributed by atoms with Crippen LogP contribution < -0.4 is 34.8 Å². The van der Waals surface area contributed by atoms with Gasteiger partial charge in [-0.15, -0.1) is 12.4 Å². The van der Waals surface area contributed by atoms with Crippen LogP contribution in [0.5, 0.6) is 0 Å². The third kappa shape index (κ3) is 15.0. The molecule has 6 aromatic rings. The van der Waals surface area contributed by atoms with E-state index in [0.717, 1.165) is 94.5 Å². The summed E-state index contributed by atoms with van der Waals surface area (Å²) in [5.41, 5.74) is 3.31. The first kappa shape index (κ1) is 63.0. The Hall–Kier alpha value is -5.54. The van der Waals surface area contributed by atoms with Crippen molar-refractivity contribution in [3.05, 3.63) is 98.4 Å². The van der Waals surface area contributed by atoms with Gasteiger partial charge in [-0.25, -0.2) is 31.2 Å². The number of nitrogens with zero attached hydrogens (tertiary/aromatic N) is 11. The second kappa shape index (κ2) is 27.4. The number of hydrogen-bond acceptors (Lipinski definition) is 15. The molecule has 2 amide bonds. The van der Waals surface area contributed by atoms with Gasteiger partial charge in [-0.2, -0.15) is 19.2 Å².